The molecule has 2 aromatic rings. The SMILES string of the molecule is CC#CC(=O)N1CCC(N2CC(c3cc(C)c4c(c3)Nc3ncnc(N5CCS(=O)(=O)CC5)c3[C@H](C)O4)C2)C1. The van der Waals surface area contributed by atoms with E-state index in [0.29, 0.717) is 30.9 Å². The molecule has 10 nitrogen and oxygen atoms in total. The smallest absolute Gasteiger partial charge is 0.298 e. The molecule has 1 N–H and O–H groups in total. The van der Waals surface area contributed by atoms with Gasteiger partial charge in [0.25, 0.3) is 5.91 Å². The third-order valence-corrected chi connectivity index (χ3v) is 9.95. The molecule has 5 heterocycles. The molecule has 3 fully saturated rings. The van der Waals surface area contributed by atoms with Gasteiger partial charge in [0.15, 0.2) is 9.84 Å². The largest absolute Gasteiger partial charge is 0.483 e. The zero-order valence-corrected chi connectivity index (χ0v) is 23.4. The Balaban J connectivity index is 1.19. The predicted molar refractivity (Wildman–Crippen MR) is 149 cm³/mol. The molecule has 0 spiro atoms. The van der Waals surface area contributed by atoms with Crippen LogP contribution in [-0.4, -0.2) is 90.9 Å². The van der Waals surface area contributed by atoms with Gasteiger partial charge in [-0.05, 0) is 50.3 Å². The number of carbonyl (C=O) groups is 1. The van der Waals surface area contributed by atoms with Crippen LogP contribution in [0.4, 0.5) is 17.3 Å². The van der Waals surface area contributed by atoms with Crippen molar-refractivity contribution in [3.8, 4) is 17.6 Å². The van der Waals surface area contributed by atoms with E-state index >= 15 is 0 Å². The van der Waals surface area contributed by atoms with Gasteiger partial charge in [0.1, 0.15) is 29.8 Å². The monoisotopic (exact) mass is 550 g/mol. The van der Waals surface area contributed by atoms with Crippen LogP contribution in [0.15, 0.2) is 18.5 Å². The van der Waals surface area contributed by atoms with Crippen molar-refractivity contribution in [1.29, 1.82) is 0 Å². The zero-order chi connectivity index (χ0) is 27.3. The number of nitrogens with one attached hydrogen (secondary N) is 1. The van der Waals surface area contributed by atoms with E-state index in [0.717, 1.165) is 61.0 Å². The first kappa shape index (κ1) is 25.9. The average Bonchev–Trinajstić information content (AvgIpc) is 3.29. The summed E-state index contributed by atoms with van der Waals surface area (Å²) in [6, 6.07) is 4.78. The fraction of sp³-hybridized carbons (Fsp3) is 0.536. The molecule has 2 atom stereocenters. The van der Waals surface area contributed by atoms with Gasteiger partial charge in [-0.3, -0.25) is 9.69 Å². The quantitative estimate of drug-likeness (QED) is 0.576. The van der Waals surface area contributed by atoms with Crippen LogP contribution < -0.4 is 15.0 Å². The summed E-state index contributed by atoms with van der Waals surface area (Å²) in [7, 11) is -3.00. The van der Waals surface area contributed by atoms with Crippen LogP contribution in [-0.2, 0) is 14.6 Å². The molecule has 1 unspecified atom stereocenters. The van der Waals surface area contributed by atoms with Gasteiger partial charge in [0.2, 0.25) is 0 Å². The number of sulfone groups is 1. The van der Waals surface area contributed by atoms with Crippen LogP contribution in [0.3, 0.4) is 0 Å². The molecule has 1 aromatic carbocycles. The van der Waals surface area contributed by atoms with Crippen molar-refractivity contribution < 1.29 is 17.9 Å². The van der Waals surface area contributed by atoms with Crippen molar-refractivity contribution in [2.75, 3.05) is 61.0 Å². The minimum Gasteiger partial charge on any atom is -0.483 e. The maximum atomic E-state index is 12.1. The normalized spacial score (nSPS) is 24.3. The Labute approximate surface area is 229 Å². The number of aryl methyl sites for hydroxylation is 1. The number of fused-ring (bicyclic) bond motifs is 2. The molecule has 1 aromatic heterocycles. The molecular formula is C28H34N6O4S. The lowest BCUT2D eigenvalue weighted by Crippen LogP contribution is -2.51. The molecular weight excluding hydrogens is 516 g/mol. The predicted octanol–water partition coefficient (Wildman–Crippen LogP) is 2.24. The topological polar surface area (TPSA) is 108 Å². The Morgan fingerprint density at radius 3 is 2.64 bits per heavy atom. The molecule has 0 radical (unpaired) electrons. The van der Waals surface area contributed by atoms with Gasteiger partial charge in [0.05, 0.1) is 22.8 Å². The highest BCUT2D eigenvalue weighted by Gasteiger charge is 2.38. The van der Waals surface area contributed by atoms with Crippen molar-refractivity contribution in [2.24, 2.45) is 0 Å². The molecule has 39 heavy (non-hydrogen) atoms. The van der Waals surface area contributed by atoms with Crippen molar-refractivity contribution in [3.63, 3.8) is 0 Å². The molecule has 1 amide bonds. The second-order valence-corrected chi connectivity index (χ2v) is 13.2. The minimum absolute atomic E-state index is 0.0729. The highest BCUT2D eigenvalue weighted by molar-refractivity contribution is 7.91. The summed E-state index contributed by atoms with van der Waals surface area (Å²) >= 11 is 0. The first-order valence-corrected chi connectivity index (χ1v) is 15.4. The molecule has 0 aliphatic carbocycles. The number of aromatic nitrogens is 2. The van der Waals surface area contributed by atoms with E-state index in [1.54, 1.807) is 6.92 Å². The first-order chi connectivity index (χ1) is 18.7. The summed E-state index contributed by atoms with van der Waals surface area (Å²) < 4.78 is 30.4. The molecule has 0 saturated carbocycles. The fourth-order valence-electron chi connectivity index (χ4n) is 6.12. The van der Waals surface area contributed by atoms with E-state index in [2.05, 4.69) is 51.1 Å². The summed E-state index contributed by atoms with van der Waals surface area (Å²) in [5.41, 5.74) is 4.04. The molecule has 3 saturated heterocycles. The Bertz CT molecular complexity index is 1460. The fourth-order valence-corrected chi connectivity index (χ4v) is 7.32. The lowest BCUT2D eigenvalue weighted by molar-refractivity contribution is -0.124. The van der Waals surface area contributed by atoms with Gasteiger partial charge in [-0.25, -0.2) is 18.4 Å². The average molecular weight is 551 g/mol. The van der Waals surface area contributed by atoms with E-state index in [1.165, 1.54) is 11.9 Å². The summed E-state index contributed by atoms with van der Waals surface area (Å²) in [5.74, 6) is 8.17. The van der Waals surface area contributed by atoms with E-state index in [-0.39, 0.29) is 23.5 Å². The van der Waals surface area contributed by atoms with Crippen molar-refractivity contribution >= 4 is 33.1 Å². The van der Waals surface area contributed by atoms with Crippen molar-refractivity contribution in [2.45, 2.75) is 45.3 Å². The standard InChI is InChI=1S/C28H34N6O4S/c1-4-5-24(35)33-7-6-22(16-33)34-14-21(15-34)20-12-18(2)26-23(13-20)31-27-25(19(3)38-26)28(30-17-29-27)32-8-10-39(36,37)11-9-32/h12-13,17,19,21-22H,6-11,14-16H2,1-3H3,(H,29,30,31)/t19-,22?/m0/s1. The summed E-state index contributed by atoms with van der Waals surface area (Å²) in [4.78, 5) is 27.6. The van der Waals surface area contributed by atoms with Crippen LogP contribution in [0, 0.1) is 18.8 Å². The van der Waals surface area contributed by atoms with Gasteiger partial charge in [-0.2, -0.15) is 0 Å². The highest BCUT2D eigenvalue weighted by atomic mass is 32.2. The Kier molecular flexibility index (Phi) is 6.63. The molecule has 0 bridgehead atoms. The molecule has 206 valence electrons. The maximum Gasteiger partial charge on any atom is 0.298 e. The third-order valence-electron chi connectivity index (χ3n) is 8.34. The van der Waals surface area contributed by atoms with E-state index in [1.807, 2.05) is 16.7 Å². The number of ether oxygens (including phenoxy) is 1. The second kappa shape index (κ2) is 9.99. The summed E-state index contributed by atoms with van der Waals surface area (Å²) in [5, 5.41) is 3.52. The van der Waals surface area contributed by atoms with E-state index < -0.39 is 9.84 Å². The van der Waals surface area contributed by atoms with Crippen LogP contribution >= 0.6 is 0 Å². The number of nitrogens with zero attached hydrogens (tertiary/aromatic N) is 5. The number of likely N-dealkylation sites (tertiary alicyclic amines) is 2. The number of carbonyl (C=O) groups excluding carboxylic acids is 1. The van der Waals surface area contributed by atoms with Gasteiger partial charge in [0, 0.05) is 51.2 Å². The Morgan fingerprint density at radius 2 is 1.90 bits per heavy atom. The van der Waals surface area contributed by atoms with Crippen molar-refractivity contribution in [3.05, 3.63) is 35.2 Å². The van der Waals surface area contributed by atoms with Gasteiger partial charge in [-0.15, -0.1) is 0 Å². The lowest BCUT2D eigenvalue weighted by Gasteiger charge is -2.43. The van der Waals surface area contributed by atoms with Crippen LogP contribution in [0.1, 0.15) is 49.0 Å². The van der Waals surface area contributed by atoms with Crippen LogP contribution in [0.2, 0.25) is 0 Å². The first-order valence-electron chi connectivity index (χ1n) is 13.6. The second-order valence-electron chi connectivity index (χ2n) is 10.9. The van der Waals surface area contributed by atoms with Crippen LogP contribution in [0.25, 0.3) is 0 Å². The number of anilines is 3. The third kappa shape index (κ3) is 4.92. The van der Waals surface area contributed by atoms with Crippen molar-refractivity contribution in [1.82, 2.24) is 19.8 Å². The zero-order valence-electron chi connectivity index (χ0n) is 22.6. The number of amides is 1. The van der Waals surface area contributed by atoms with Crippen LogP contribution in [0.5, 0.6) is 5.75 Å². The number of hydrogen-bond donors (Lipinski definition) is 1. The van der Waals surface area contributed by atoms with Gasteiger partial charge >= 0.3 is 0 Å². The summed E-state index contributed by atoms with van der Waals surface area (Å²) in [6.45, 7) is 10.0. The Morgan fingerprint density at radius 1 is 1.13 bits per heavy atom. The number of rotatable bonds is 3. The lowest BCUT2D eigenvalue weighted by atomic mass is 9.88. The molecule has 4 aliphatic heterocycles. The van der Waals surface area contributed by atoms with E-state index in [4.69, 9.17) is 4.74 Å². The Hall–Kier alpha value is -3.36. The molecule has 6 rings (SSSR count). The van der Waals surface area contributed by atoms with Gasteiger partial charge in [-0.1, -0.05) is 12.0 Å². The number of hydrogen-bond acceptors (Lipinski definition) is 9. The molecule has 11 heteroatoms. The minimum atomic E-state index is -3.00. The van der Waals surface area contributed by atoms with Gasteiger partial charge < -0.3 is 19.9 Å². The summed E-state index contributed by atoms with van der Waals surface area (Å²) in [6.07, 6.45) is 2.21. The molecule has 4 aliphatic rings. The van der Waals surface area contributed by atoms with E-state index in [9.17, 15) is 13.2 Å². The number of benzene rings is 1. The highest BCUT2D eigenvalue weighted by Crippen LogP contribution is 2.45. The maximum absolute atomic E-state index is 12.1.